The second kappa shape index (κ2) is 5.12. The third-order valence-electron chi connectivity index (χ3n) is 3.23. The predicted molar refractivity (Wildman–Crippen MR) is 59.0 cm³/mol. The van der Waals surface area contributed by atoms with E-state index in [4.69, 9.17) is 0 Å². The molecule has 1 fully saturated rings. The van der Waals surface area contributed by atoms with Crippen LogP contribution in [0.25, 0.3) is 0 Å². The number of rotatable bonds is 4. The molecule has 0 amide bonds. The average molecular weight is 240 g/mol. The highest BCUT2D eigenvalue weighted by atomic mass is 16.5. The Morgan fingerprint density at radius 1 is 1.41 bits per heavy atom. The lowest BCUT2D eigenvalue weighted by Gasteiger charge is -2.22. The number of hydrogen-bond donors (Lipinski definition) is 0. The monoisotopic (exact) mass is 240 g/mol. The van der Waals surface area contributed by atoms with Gasteiger partial charge in [0.25, 0.3) is 0 Å². The highest BCUT2D eigenvalue weighted by molar-refractivity contribution is 6.01. The topological polar surface area (TPSA) is 69.7 Å². The molecule has 0 radical (unpaired) electrons. The Hall–Kier alpha value is -1.65. The van der Waals surface area contributed by atoms with Gasteiger partial charge in [-0.25, -0.2) is 0 Å². The standard InChI is InChI=1S/C12H16O5/c1-8-6-12(10(14)16-2,11(15)17-3)7-9(8)4-5-13/h5,9H,1,4,6-7H2,2-3H3/t9-/m1/s1. The maximum atomic E-state index is 11.8. The van der Waals surface area contributed by atoms with Gasteiger partial charge in [0, 0.05) is 6.42 Å². The van der Waals surface area contributed by atoms with E-state index in [0.717, 1.165) is 6.29 Å². The van der Waals surface area contributed by atoms with Crippen LogP contribution in [0.5, 0.6) is 0 Å². The number of carbonyl (C=O) groups excluding carboxylic acids is 3. The molecule has 5 heteroatoms. The van der Waals surface area contributed by atoms with Crippen molar-refractivity contribution in [1.82, 2.24) is 0 Å². The van der Waals surface area contributed by atoms with Crippen molar-refractivity contribution >= 4 is 18.2 Å². The van der Waals surface area contributed by atoms with E-state index in [-0.39, 0.29) is 25.2 Å². The summed E-state index contributed by atoms with van der Waals surface area (Å²) < 4.78 is 9.33. The summed E-state index contributed by atoms with van der Waals surface area (Å²) in [4.78, 5) is 34.1. The molecule has 17 heavy (non-hydrogen) atoms. The van der Waals surface area contributed by atoms with Crippen molar-refractivity contribution in [3.05, 3.63) is 12.2 Å². The van der Waals surface area contributed by atoms with Gasteiger partial charge < -0.3 is 14.3 Å². The summed E-state index contributed by atoms with van der Waals surface area (Å²) in [7, 11) is 2.45. The van der Waals surface area contributed by atoms with Crippen molar-refractivity contribution in [3.63, 3.8) is 0 Å². The largest absolute Gasteiger partial charge is 0.468 e. The van der Waals surface area contributed by atoms with Crippen LogP contribution in [-0.2, 0) is 23.9 Å². The third-order valence-corrected chi connectivity index (χ3v) is 3.23. The summed E-state index contributed by atoms with van der Waals surface area (Å²) in [6.07, 6.45) is 1.43. The van der Waals surface area contributed by atoms with Gasteiger partial charge in [-0.15, -0.1) is 0 Å². The summed E-state index contributed by atoms with van der Waals surface area (Å²) in [6.45, 7) is 3.81. The maximum absolute atomic E-state index is 11.8. The van der Waals surface area contributed by atoms with E-state index >= 15 is 0 Å². The van der Waals surface area contributed by atoms with Crippen molar-refractivity contribution in [2.75, 3.05) is 14.2 Å². The number of allylic oxidation sites excluding steroid dienone is 1. The number of carbonyl (C=O) groups is 3. The zero-order valence-corrected chi connectivity index (χ0v) is 10.0. The first kappa shape index (κ1) is 13.4. The Balaban J connectivity index is 3.03. The lowest BCUT2D eigenvalue weighted by atomic mass is 9.85. The maximum Gasteiger partial charge on any atom is 0.323 e. The lowest BCUT2D eigenvalue weighted by molar-refractivity contribution is -0.168. The summed E-state index contributed by atoms with van der Waals surface area (Å²) >= 11 is 0. The van der Waals surface area contributed by atoms with Crippen LogP contribution in [0.2, 0.25) is 0 Å². The molecule has 0 aromatic rings. The Morgan fingerprint density at radius 2 is 1.94 bits per heavy atom. The van der Waals surface area contributed by atoms with Crippen molar-refractivity contribution in [3.8, 4) is 0 Å². The molecule has 0 saturated heterocycles. The van der Waals surface area contributed by atoms with E-state index in [1.807, 2.05) is 0 Å². The molecule has 0 unspecified atom stereocenters. The van der Waals surface area contributed by atoms with E-state index < -0.39 is 17.4 Å². The van der Waals surface area contributed by atoms with Gasteiger partial charge in [-0.2, -0.15) is 0 Å². The molecule has 1 rings (SSSR count). The van der Waals surface area contributed by atoms with Gasteiger partial charge in [-0.1, -0.05) is 12.2 Å². The van der Waals surface area contributed by atoms with E-state index in [2.05, 4.69) is 16.1 Å². The minimum Gasteiger partial charge on any atom is -0.468 e. The summed E-state index contributed by atoms with van der Waals surface area (Å²) in [5.41, 5.74) is -0.609. The molecule has 0 N–H and O–H groups in total. The molecule has 0 aromatic carbocycles. The third kappa shape index (κ3) is 2.23. The smallest absolute Gasteiger partial charge is 0.323 e. The van der Waals surface area contributed by atoms with Crippen LogP contribution in [0, 0.1) is 11.3 Å². The van der Waals surface area contributed by atoms with Crippen molar-refractivity contribution in [2.24, 2.45) is 11.3 Å². The lowest BCUT2D eigenvalue weighted by Crippen LogP contribution is -2.39. The van der Waals surface area contributed by atoms with Gasteiger partial charge >= 0.3 is 11.9 Å². The fourth-order valence-electron chi connectivity index (χ4n) is 2.32. The first-order valence-electron chi connectivity index (χ1n) is 5.30. The molecular formula is C12H16O5. The Kier molecular flexibility index (Phi) is 4.04. The molecule has 1 aliphatic carbocycles. The van der Waals surface area contributed by atoms with E-state index in [0.29, 0.717) is 5.57 Å². The van der Waals surface area contributed by atoms with Crippen LogP contribution in [0.15, 0.2) is 12.2 Å². The Labute approximate surface area is 99.8 Å². The number of ether oxygens (including phenoxy) is 2. The second-order valence-electron chi connectivity index (χ2n) is 4.20. The highest BCUT2D eigenvalue weighted by Crippen LogP contribution is 2.47. The zero-order valence-electron chi connectivity index (χ0n) is 10.0. The molecule has 0 bridgehead atoms. The summed E-state index contributed by atoms with van der Waals surface area (Å²) in [5.74, 6) is -1.41. The number of methoxy groups -OCH3 is 2. The van der Waals surface area contributed by atoms with Gasteiger partial charge in [-0.05, 0) is 18.8 Å². The molecule has 0 aromatic heterocycles. The van der Waals surface area contributed by atoms with Crippen LogP contribution in [0.3, 0.4) is 0 Å². The Morgan fingerprint density at radius 3 is 2.35 bits per heavy atom. The molecule has 0 aliphatic heterocycles. The minimum absolute atomic E-state index is 0.161. The van der Waals surface area contributed by atoms with Gasteiger partial charge in [-0.3, -0.25) is 9.59 Å². The van der Waals surface area contributed by atoms with E-state index in [9.17, 15) is 14.4 Å². The predicted octanol–water partition coefficient (Wildman–Crippen LogP) is 0.874. The molecule has 0 heterocycles. The molecule has 1 aliphatic rings. The first-order chi connectivity index (χ1) is 8.01. The molecule has 0 spiro atoms. The van der Waals surface area contributed by atoms with Gasteiger partial charge in [0.1, 0.15) is 6.29 Å². The first-order valence-corrected chi connectivity index (χ1v) is 5.30. The average Bonchev–Trinajstić information content (AvgIpc) is 2.66. The number of hydrogen-bond acceptors (Lipinski definition) is 5. The second-order valence-corrected chi connectivity index (χ2v) is 4.20. The van der Waals surface area contributed by atoms with Crippen LogP contribution in [0.1, 0.15) is 19.3 Å². The SMILES string of the molecule is C=C1CC(C(=O)OC)(C(=O)OC)C[C@H]1CC=O. The fourth-order valence-corrected chi connectivity index (χ4v) is 2.32. The molecule has 1 saturated carbocycles. The van der Waals surface area contributed by atoms with Gasteiger partial charge in [0.05, 0.1) is 14.2 Å². The van der Waals surface area contributed by atoms with Crippen molar-refractivity contribution < 1.29 is 23.9 Å². The van der Waals surface area contributed by atoms with E-state index in [1.165, 1.54) is 14.2 Å². The summed E-state index contributed by atoms with van der Waals surface area (Å²) in [6, 6.07) is 0. The van der Waals surface area contributed by atoms with Crippen LogP contribution >= 0.6 is 0 Å². The quantitative estimate of drug-likeness (QED) is 0.315. The normalized spacial score (nSPS) is 22.0. The van der Waals surface area contributed by atoms with Crippen LogP contribution in [0.4, 0.5) is 0 Å². The van der Waals surface area contributed by atoms with Gasteiger partial charge in [0.2, 0.25) is 0 Å². The van der Waals surface area contributed by atoms with E-state index in [1.54, 1.807) is 0 Å². The fraction of sp³-hybridized carbons (Fsp3) is 0.583. The van der Waals surface area contributed by atoms with Crippen LogP contribution in [-0.4, -0.2) is 32.4 Å². The van der Waals surface area contributed by atoms with Crippen molar-refractivity contribution in [1.29, 1.82) is 0 Å². The zero-order chi connectivity index (χ0) is 13.1. The molecular weight excluding hydrogens is 224 g/mol. The highest BCUT2D eigenvalue weighted by Gasteiger charge is 2.54. The molecule has 5 nitrogen and oxygen atoms in total. The minimum atomic E-state index is -1.33. The summed E-state index contributed by atoms with van der Waals surface area (Å²) in [5, 5.41) is 0. The van der Waals surface area contributed by atoms with Crippen LogP contribution < -0.4 is 0 Å². The number of esters is 2. The molecule has 1 atom stereocenters. The Bertz CT molecular complexity index is 342. The molecule has 94 valence electrons. The van der Waals surface area contributed by atoms with Gasteiger partial charge in [0.15, 0.2) is 5.41 Å². The number of aldehydes is 1. The van der Waals surface area contributed by atoms with Crippen molar-refractivity contribution in [2.45, 2.75) is 19.3 Å².